The van der Waals surface area contributed by atoms with Gasteiger partial charge in [0.1, 0.15) is 16.4 Å². The van der Waals surface area contributed by atoms with Crippen LogP contribution in [0.25, 0.3) is 22.0 Å². The van der Waals surface area contributed by atoms with Crippen molar-refractivity contribution in [2.45, 2.75) is 24.3 Å². The highest BCUT2D eigenvalue weighted by Crippen LogP contribution is 2.47. The first kappa shape index (κ1) is 26.6. The average molecular weight is 572 g/mol. The van der Waals surface area contributed by atoms with E-state index in [-0.39, 0.29) is 39.5 Å². The summed E-state index contributed by atoms with van der Waals surface area (Å²) in [6, 6.07) is 9.49. The number of anilines is 1. The molecule has 2 heterocycles. The van der Waals surface area contributed by atoms with Crippen molar-refractivity contribution in [3.05, 3.63) is 76.2 Å². The zero-order valence-corrected chi connectivity index (χ0v) is 22.4. The Balaban J connectivity index is 1.52. The van der Waals surface area contributed by atoms with E-state index < -0.39 is 21.3 Å². The summed E-state index contributed by atoms with van der Waals surface area (Å²) >= 11 is 5.97. The zero-order chi connectivity index (χ0) is 27.9. The number of sulfonamides is 1. The van der Waals surface area contributed by atoms with E-state index in [9.17, 15) is 22.4 Å². The van der Waals surface area contributed by atoms with Crippen molar-refractivity contribution in [1.82, 2.24) is 19.9 Å². The van der Waals surface area contributed by atoms with Gasteiger partial charge in [0, 0.05) is 25.4 Å². The van der Waals surface area contributed by atoms with Crippen molar-refractivity contribution in [3.63, 3.8) is 0 Å². The van der Waals surface area contributed by atoms with Crippen molar-refractivity contribution in [2.24, 2.45) is 5.41 Å². The van der Waals surface area contributed by atoms with E-state index in [0.29, 0.717) is 34.9 Å². The number of benzene rings is 2. The predicted molar refractivity (Wildman–Crippen MR) is 144 cm³/mol. The highest BCUT2D eigenvalue weighted by Gasteiger charge is 2.49. The van der Waals surface area contributed by atoms with E-state index in [2.05, 4.69) is 20.0 Å². The SMILES string of the molecule is CNC(=O)C1(Cn2cnc3ccc(-c4cnc(OC)c(NS(=O)(=O)c5ccc(F)cc5Cl)c4)cc3c2=O)CC1. The lowest BCUT2D eigenvalue weighted by Gasteiger charge is -2.15. The van der Waals surface area contributed by atoms with Crippen molar-refractivity contribution in [2.75, 3.05) is 18.9 Å². The van der Waals surface area contributed by atoms with Gasteiger partial charge in [0.25, 0.3) is 15.6 Å². The highest BCUT2D eigenvalue weighted by atomic mass is 35.5. The summed E-state index contributed by atoms with van der Waals surface area (Å²) in [5, 5.41) is 2.71. The van der Waals surface area contributed by atoms with E-state index >= 15 is 0 Å². The van der Waals surface area contributed by atoms with Crippen LogP contribution in [0.15, 0.2) is 64.7 Å². The number of rotatable bonds is 8. The minimum Gasteiger partial charge on any atom is -0.480 e. The van der Waals surface area contributed by atoms with Gasteiger partial charge in [-0.3, -0.25) is 18.9 Å². The van der Waals surface area contributed by atoms with Crippen LogP contribution in [0, 0.1) is 11.2 Å². The summed E-state index contributed by atoms with van der Waals surface area (Å²) in [4.78, 5) is 33.9. The summed E-state index contributed by atoms with van der Waals surface area (Å²) in [6.45, 7) is 0.223. The molecule has 0 saturated heterocycles. The maximum absolute atomic E-state index is 13.4. The Hall–Kier alpha value is -4.03. The molecule has 2 aromatic carbocycles. The van der Waals surface area contributed by atoms with Gasteiger partial charge in [-0.2, -0.15) is 0 Å². The third kappa shape index (κ3) is 5.04. The molecule has 4 aromatic rings. The Morgan fingerprint density at radius 3 is 2.59 bits per heavy atom. The van der Waals surface area contributed by atoms with E-state index in [1.165, 1.54) is 30.3 Å². The summed E-state index contributed by atoms with van der Waals surface area (Å²) < 4.78 is 48.5. The van der Waals surface area contributed by atoms with Crippen LogP contribution in [0.2, 0.25) is 5.02 Å². The van der Waals surface area contributed by atoms with Crippen molar-refractivity contribution < 1.29 is 22.3 Å². The van der Waals surface area contributed by atoms with Gasteiger partial charge in [0.2, 0.25) is 11.8 Å². The topological polar surface area (TPSA) is 132 Å². The molecule has 0 unspecified atom stereocenters. The van der Waals surface area contributed by atoms with Crippen molar-refractivity contribution in [3.8, 4) is 17.0 Å². The van der Waals surface area contributed by atoms with Crippen LogP contribution in [0.1, 0.15) is 12.8 Å². The number of carbonyl (C=O) groups is 1. The number of hydrogen-bond donors (Lipinski definition) is 2. The van der Waals surface area contributed by atoms with E-state index in [1.807, 2.05) is 0 Å². The molecule has 2 aromatic heterocycles. The molecule has 1 saturated carbocycles. The standard InChI is InChI=1S/C26H23ClFN5O5S/c1-29-25(35)26(7-8-26)13-33-14-31-20-5-3-15(9-18(20)24(33)34)16-10-21(23(38-2)30-12-16)32-39(36,37)22-6-4-17(28)11-19(22)27/h3-6,9-12,14,32H,7-8,13H2,1-2H3,(H,29,35). The predicted octanol–water partition coefficient (Wildman–Crippen LogP) is 3.59. The fourth-order valence-corrected chi connectivity index (χ4v) is 5.97. The molecule has 5 rings (SSSR count). The fourth-order valence-electron chi connectivity index (χ4n) is 4.39. The minimum atomic E-state index is -4.22. The highest BCUT2D eigenvalue weighted by molar-refractivity contribution is 7.92. The number of ether oxygens (including phenoxy) is 1. The van der Waals surface area contributed by atoms with Gasteiger partial charge in [-0.05, 0) is 54.8 Å². The Morgan fingerprint density at radius 2 is 1.92 bits per heavy atom. The lowest BCUT2D eigenvalue weighted by molar-refractivity contribution is -0.126. The number of aromatic nitrogens is 3. The Morgan fingerprint density at radius 1 is 1.15 bits per heavy atom. The Kier molecular flexibility index (Phi) is 6.77. The van der Waals surface area contributed by atoms with E-state index in [0.717, 1.165) is 18.2 Å². The number of halogens is 2. The molecule has 202 valence electrons. The van der Waals surface area contributed by atoms with Crippen molar-refractivity contribution >= 4 is 44.1 Å². The van der Waals surface area contributed by atoms with E-state index in [4.69, 9.17) is 16.3 Å². The molecule has 1 fully saturated rings. The lowest BCUT2D eigenvalue weighted by atomic mass is 10.0. The number of hydrogen-bond acceptors (Lipinski definition) is 7. The summed E-state index contributed by atoms with van der Waals surface area (Å²) in [7, 11) is -1.32. The van der Waals surface area contributed by atoms with Gasteiger partial charge in [0.15, 0.2) is 0 Å². The third-order valence-electron chi connectivity index (χ3n) is 6.66. The van der Waals surface area contributed by atoms with Crippen LogP contribution in [0.3, 0.4) is 0 Å². The molecule has 0 radical (unpaired) electrons. The average Bonchev–Trinajstić information content (AvgIpc) is 3.70. The van der Waals surface area contributed by atoms with Gasteiger partial charge in [-0.15, -0.1) is 0 Å². The number of amides is 1. The van der Waals surface area contributed by atoms with Crippen LogP contribution in [-0.4, -0.2) is 43.0 Å². The maximum atomic E-state index is 13.4. The van der Waals surface area contributed by atoms with Gasteiger partial charge in [0.05, 0.1) is 34.8 Å². The number of pyridine rings is 1. The summed E-state index contributed by atoms with van der Waals surface area (Å²) in [5.41, 5.74) is 0.635. The molecule has 2 N–H and O–H groups in total. The number of nitrogens with zero attached hydrogens (tertiary/aromatic N) is 3. The second kappa shape index (κ2) is 9.93. The molecule has 10 nitrogen and oxygen atoms in total. The Labute approximate surface area is 227 Å². The second-order valence-electron chi connectivity index (χ2n) is 9.23. The molecule has 0 bridgehead atoms. The number of fused-ring (bicyclic) bond motifs is 1. The summed E-state index contributed by atoms with van der Waals surface area (Å²) in [5.74, 6) is -0.787. The molecule has 1 aliphatic rings. The van der Waals surface area contributed by atoms with Crippen LogP contribution in [-0.2, 0) is 21.4 Å². The molecule has 0 spiro atoms. The molecule has 1 aliphatic carbocycles. The largest absolute Gasteiger partial charge is 0.480 e. The molecule has 39 heavy (non-hydrogen) atoms. The van der Waals surface area contributed by atoms with Gasteiger partial charge < -0.3 is 10.1 Å². The summed E-state index contributed by atoms with van der Waals surface area (Å²) in [6.07, 6.45) is 4.30. The first-order valence-electron chi connectivity index (χ1n) is 11.8. The molecular weight excluding hydrogens is 549 g/mol. The first-order valence-corrected chi connectivity index (χ1v) is 13.7. The van der Waals surface area contributed by atoms with Gasteiger partial charge in [-0.25, -0.2) is 22.8 Å². The first-order chi connectivity index (χ1) is 18.6. The molecule has 13 heteroatoms. The third-order valence-corrected chi connectivity index (χ3v) is 8.51. The fraction of sp³-hybridized carbons (Fsp3) is 0.231. The molecule has 1 amide bonds. The van der Waals surface area contributed by atoms with Gasteiger partial charge >= 0.3 is 0 Å². The zero-order valence-electron chi connectivity index (χ0n) is 20.9. The lowest BCUT2D eigenvalue weighted by Crippen LogP contribution is -2.35. The molecule has 0 aliphatic heterocycles. The second-order valence-corrected chi connectivity index (χ2v) is 11.3. The monoisotopic (exact) mass is 571 g/mol. The van der Waals surface area contributed by atoms with Crippen LogP contribution >= 0.6 is 11.6 Å². The molecule has 0 atom stereocenters. The number of nitrogens with one attached hydrogen (secondary N) is 2. The number of carbonyl (C=O) groups excluding carboxylic acids is 1. The Bertz CT molecular complexity index is 1790. The minimum absolute atomic E-state index is 0.00528. The smallest absolute Gasteiger partial charge is 0.263 e. The number of methoxy groups -OCH3 is 1. The van der Waals surface area contributed by atoms with Gasteiger partial charge in [-0.1, -0.05) is 17.7 Å². The van der Waals surface area contributed by atoms with E-state index in [1.54, 1.807) is 25.2 Å². The normalized spacial score (nSPS) is 14.2. The van der Waals surface area contributed by atoms with Crippen molar-refractivity contribution in [1.29, 1.82) is 0 Å². The van der Waals surface area contributed by atoms with Crippen LogP contribution < -0.4 is 20.3 Å². The molecular formula is C26H23ClFN5O5S. The van der Waals surface area contributed by atoms with Crippen LogP contribution in [0.4, 0.5) is 10.1 Å². The quantitative estimate of drug-likeness (QED) is 0.330. The maximum Gasteiger partial charge on any atom is 0.263 e. The van der Waals surface area contributed by atoms with Crippen LogP contribution in [0.5, 0.6) is 5.88 Å².